The van der Waals surface area contributed by atoms with Crippen molar-refractivity contribution >= 4 is 23.4 Å². The summed E-state index contributed by atoms with van der Waals surface area (Å²) in [5.41, 5.74) is 1.58. The van der Waals surface area contributed by atoms with Crippen LogP contribution in [0.5, 0.6) is 0 Å². The number of fused-ring (bicyclic) bond motifs is 3. The molecule has 2 aliphatic heterocycles. The number of nitrogens with zero attached hydrogens (tertiary/aromatic N) is 3. The van der Waals surface area contributed by atoms with Gasteiger partial charge in [0.15, 0.2) is 12.5 Å². The zero-order valence-electron chi connectivity index (χ0n) is 10.4. The molecule has 0 aliphatic carbocycles. The fourth-order valence-corrected chi connectivity index (χ4v) is 2.59. The van der Waals surface area contributed by atoms with Gasteiger partial charge in [0.1, 0.15) is 11.6 Å². The van der Waals surface area contributed by atoms with Crippen LogP contribution in [-0.4, -0.2) is 15.8 Å². The molecule has 1 aromatic heterocycles. The van der Waals surface area contributed by atoms with E-state index in [9.17, 15) is 4.39 Å². The molecule has 1 aromatic carbocycles. The summed E-state index contributed by atoms with van der Waals surface area (Å²) in [6.07, 6.45) is 5.41. The van der Waals surface area contributed by atoms with Gasteiger partial charge in [0.2, 0.25) is 0 Å². The highest BCUT2D eigenvalue weighted by atomic mass is 35.5. The maximum absolute atomic E-state index is 13.3. The van der Waals surface area contributed by atoms with Crippen LogP contribution in [0.25, 0.3) is 6.08 Å². The minimum absolute atomic E-state index is 0.104. The first-order chi connectivity index (χ1) is 9.76. The zero-order chi connectivity index (χ0) is 13.7. The third kappa shape index (κ3) is 1.82. The molecule has 0 radical (unpaired) electrons. The topological polar surface area (TPSA) is 33.6 Å². The van der Waals surface area contributed by atoms with Gasteiger partial charge in [-0.1, -0.05) is 6.07 Å². The fraction of sp³-hybridized carbons (Fsp3) is 0.214. The van der Waals surface area contributed by atoms with Gasteiger partial charge < -0.3 is 14.2 Å². The van der Waals surface area contributed by atoms with Gasteiger partial charge in [-0.3, -0.25) is 0 Å². The lowest BCUT2D eigenvalue weighted by Crippen LogP contribution is -2.20. The van der Waals surface area contributed by atoms with Crippen LogP contribution >= 0.6 is 11.6 Å². The molecule has 0 bridgehead atoms. The van der Waals surface area contributed by atoms with E-state index >= 15 is 0 Å². The van der Waals surface area contributed by atoms with Gasteiger partial charge in [-0.15, -0.1) is 11.6 Å². The first-order valence-electron chi connectivity index (χ1n) is 6.27. The summed E-state index contributed by atoms with van der Waals surface area (Å²) in [6, 6.07) is 6.45. The minimum atomic E-state index is -0.264. The Bertz CT molecular complexity index is 699. The summed E-state index contributed by atoms with van der Waals surface area (Å²) in [4.78, 5) is 6.32. The highest BCUT2D eigenvalue weighted by Gasteiger charge is 2.47. The third-order valence-electron chi connectivity index (χ3n) is 3.43. The Labute approximate surface area is 120 Å². The van der Waals surface area contributed by atoms with E-state index in [2.05, 4.69) is 4.98 Å². The Balaban J connectivity index is 1.72. The van der Waals surface area contributed by atoms with E-state index in [0.29, 0.717) is 5.88 Å². The first-order valence-corrected chi connectivity index (χ1v) is 6.81. The predicted molar refractivity (Wildman–Crippen MR) is 73.6 cm³/mol. The molecule has 2 atom stereocenters. The number of hydrogen-bond acceptors (Lipinski definition) is 3. The maximum atomic E-state index is 13.3. The van der Waals surface area contributed by atoms with Crippen molar-refractivity contribution in [2.45, 2.75) is 18.3 Å². The van der Waals surface area contributed by atoms with Gasteiger partial charge >= 0.3 is 0 Å². The lowest BCUT2D eigenvalue weighted by molar-refractivity contribution is 0.331. The highest BCUT2D eigenvalue weighted by molar-refractivity contribution is 6.16. The number of hydrogen-bond donors (Lipinski definition) is 0. The number of benzene rings is 1. The fourth-order valence-electron chi connectivity index (χ4n) is 2.46. The van der Waals surface area contributed by atoms with Crippen LogP contribution in [0.4, 0.5) is 10.1 Å². The molecule has 0 amide bonds. The average molecular weight is 292 g/mol. The van der Waals surface area contributed by atoms with Crippen LogP contribution in [0.15, 0.2) is 36.7 Å². The molecule has 4 rings (SSSR count). The Hall–Kier alpha value is -1.85. The van der Waals surface area contributed by atoms with Crippen molar-refractivity contribution in [1.29, 1.82) is 0 Å². The SMILES string of the molecule is Fc1cccc(N2C=Cc3nc(CCl)cn3C3OC32)c1. The van der Waals surface area contributed by atoms with Crippen LogP contribution in [-0.2, 0) is 10.6 Å². The van der Waals surface area contributed by atoms with Gasteiger partial charge in [0.25, 0.3) is 0 Å². The smallest absolute Gasteiger partial charge is 0.183 e. The molecule has 20 heavy (non-hydrogen) atoms. The van der Waals surface area contributed by atoms with Crippen molar-refractivity contribution in [3.05, 3.63) is 54.0 Å². The second kappa shape index (κ2) is 4.33. The minimum Gasteiger partial charge on any atom is -0.325 e. The van der Waals surface area contributed by atoms with Gasteiger partial charge in [-0.2, -0.15) is 0 Å². The monoisotopic (exact) mass is 291 g/mol. The predicted octanol–water partition coefficient (Wildman–Crippen LogP) is 3.11. The Morgan fingerprint density at radius 1 is 1.35 bits per heavy atom. The highest BCUT2D eigenvalue weighted by Crippen LogP contribution is 2.42. The summed E-state index contributed by atoms with van der Waals surface area (Å²) in [7, 11) is 0. The zero-order valence-corrected chi connectivity index (χ0v) is 11.2. The second-order valence-electron chi connectivity index (χ2n) is 4.75. The number of epoxide rings is 1. The van der Waals surface area contributed by atoms with Crippen LogP contribution in [0.1, 0.15) is 17.7 Å². The van der Waals surface area contributed by atoms with Gasteiger partial charge in [-0.25, -0.2) is 9.37 Å². The van der Waals surface area contributed by atoms with Crippen molar-refractivity contribution in [2.24, 2.45) is 0 Å². The summed E-state index contributed by atoms with van der Waals surface area (Å²) >= 11 is 5.80. The molecule has 0 spiro atoms. The Morgan fingerprint density at radius 3 is 3.05 bits per heavy atom. The van der Waals surface area contributed by atoms with Crippen LogP contribution in [0, 0.1) is 5.82 Å². The normalized spacial score (nSPS) is 23.2. The number of anilines is 1. The number of halogens is 2. The third-order valence-corrected chi connectivity index (χ3v) is 3.71. The maximum Gasteiger partial charge on any atom is 0.183 e. The number of alkyl halides is 1. The van der Waals surface area contributed by atoms with Gasteiger partial charge in [0, 0.05) is 18.1 Å². The molecule has 6 heteroatoms. The van der Waals surface area contributed by atoms with E-state index in [4.69, 9.17) is 16.3 Å². The molecule has 3 heterocycles. The number of imidazole rings is 1. The second-order valence-corrected chi connectivity index (χ2v) is 5.02. The molecule has 102 valence electrons. The quantitative estimate of drug-likeness (QED) is 0.630. The van der Waals surface area contributed by atoms with Crippen LogP contribution < -0.4 is 4.90 Å². The summed E-state index contributed by atoms with van der Waals surface area (Å²) in [5, 5.41) is 0. The molecule has 4 nitrogen and oxygen atoms in total. The summed E-state index contributed by atoms with van der Waals surface area (Å²) in [6.45, 7) is 0. The Morgan fingerprint density at radius 2 is 2.25 bits per heavy atom. The van der Waals surface area contributed by atoms with Crippen LogP contribution in [0.2, 0.25) is 0 Å². The molecule has 0 saturated carbocycles. The summed E-state index contributed by atoms with van der Waals surface area (Å²) < 4.78 is 21.0. The standard InChI is InChI=1S/C14H11ClFN3O/c15-7-10-8-19-12(17-10)4-5-18(13-14(19)20-13)11-3-1-2-9(16)6-11/h1-6,8,13-14H,7H2. The van der Waals surface area contributed by atoms with Gasteiger partial charge in [-0.05, 0) is 24.3 Å². The van der Waals surface area contributed by atoms with Crippen molar-refractivity contribution in [3.63, 3.8) is 0 Å². The molecular weight excluding hydrogens is 281 g/mol. The molecule has 1 fully saturated rings. The largest absolute Gasteiger partial charge is 0.325 e. The van der Waals surface area contributed by atoms with Crippen molar-refractivity contribution in [3.8, 4) is 0 Å². The Kier molecular flexibility index (Phi) is 2.58. The van der Waals surface area contributed by atoms with E-state index in [1.165, 1.54) is 12.1 Å². The van der Waals surface area contributed by atoms with Crippen molar-refractivity contribution < 1.29 is 9.13 Å². The van der Waals surface area contributed by atoms with Gasteiger partial charge in [0.05, 0.1) is 11.6 Å². The molecule has 1 saturated heterocycles. The van der Waals surface area contributed by atoms with E-state index in [-0.39, 0.29) is 18.3 Å². The lowest BCUT2D eigenvalue weighted by atomic mass is 10.3. The molecule has 2 aromatic rings. The van der Waals surface area contributed by atoms with Crippen LogP contribution in [0.3, 0.4) is 0 Å². The number of rotatable bonds is 2. The molecular formula is C14H11ClFN3O. The van der Waals surface area contributed by atoms with E-state index < -0.39 is 0 Å². The van der Waals surface area contributed by atoms with E-state index in [1.807, 2.05) is 34.0 Å². The molecule has 2 unspecified atom stereocenters. The van der Waals surface area contributed by atoms with E-state index in [0.717, 1.165) is 17.2 Å². The number of ether oxygens (including phenoxy) is 1. The lowest BCUT2D eigenvalue weighted by Gasteiger charge is -2.17. The average Bonchev–Trinajstić information content (AvgIpc) is 3.14. The van der Waals surface area contributed by atoms with E-state index in [1.54, 1.807) is 6.07 Å². The number of aromatic nitrogens is 2. The van der Waals surface area contributed by atoms with Crippen molar-refractivity contribution in [1.82, 2.24) is 9.55 Å². The summed E-state index contributed by atoms with van der Waals surface area (Å²) in [5.74, 6) is 0.908. The first kappa shape index (κ1) is 11.9. The molecule has 0 N–H and O–H groups in total. The molecule has 2 aliphatic rings. The van der Waals surface area contributed by atoms with Crippen molar-refractivity contribution in [2.75, 3.05) is 4.90 Å².